The van der Waals surface area contributed by atoms with Gasteiger partial charge in [-0.15, -0.1) is 11.3 Å². The topological polar surface area (TPSA) is 36.4 Å². The SMILES string of the molecule is O=C1CN(c2ccnc3ccsc23)CCN1CC1CCCC1. The molecular weight excluding hydrogens is 294 g/mol. The van der Waals surface area contributed by atoms with Crippen molar-refractivity contribution in [3.8, 4) is 0 Å². The molecule has 0 N–H and O–H groups in total. The van der Waals surface area contributed by atoms with Crippen molar-refractivity contribution in [2.45, 2.75) is 25.7 Å². The van der Waals surface area contributed by atoms with Crippen molar-refractivity contribution >= 4 is 33.1 Å². The van der Waals surface area contributed by atoms with Crippen molar-refractivity contribution < 1.29 is 4.79 Å². The Bertz CT molecular complexity index is 677. The van der Waals surface area contributed by atoms with Crippen molar-refractivity contribution in [3.63, 3.8) is 0 Å². The zero-order valence-corrected chi connectivity index (χ0v) is 13.5. The number of carbonyl (C=O) groups excluding carboxylic acids is 1. The summed E-state index contributed by atoms with van der Waals surface area (Å²) in [6.07, 6.45) is 7.12. The number of aromatic nitrogens is 1. The van der Waals surface area contributed by atoms with Gasteiger partial charge >= 0.3 is 0 Å². The average molecular weight is 315 g/mol. The Morgan fingerprint density at radius 1 is 1.23 bits per heavy atom. The van der Waals surface area contributed by atoms with Gasteiger partial charge in [0.05, 0.1) is 22.4 Å². The maximum absolute atomic E-state index is 12.5. The number of thiophene rings is 1. The van der Waals surface area contributed by atoms with E-state index in [0.29, 0.717) is 6.54 Å². The summed E-state index contributed by atoms with van der Waals surface area (Å²) in [5.74, 6) is 1.01. The Morgan fingerprint density at radius 2 is 2.09 bits per heavy atom. The lowest BCUT2D eigenvalue weighted by Crippen LogP contribution is -2.51. The van der Waals surface area contributed by atoms with Crippen molar-refractivity contribution in [2.75, 3.05) is 31.1 Å². The summed E-state index contributed by atoms with van der Waals surface area (Å²) < 4.78 is 1.19. The molecule has 1 aliphatic heterocycles. The highest BCUT2D eigenvalue weighted by molar-refractivity contribution is 7.17. The van der Waals surface area contributed by atoms with Crippen LogP contribution in [0.15, 0.2) is 23.7 Å². The smallest absolute Gasteiger partial charge is 0.242 e. The summed E-state index contributed by atoms with van der Waals surface area (Å²) in [5.41, 5.74) is 2.19. The molecule has 0 bridgehead atoms. The molecule has 1 amide bonds. The van der Waals surface area contributed by atoms with Crippen molar-refractivity contribution in [2.24, 2.45) is 5.92 Å². The van der Waals surface area contributed by atoms with Gasteiger partial charge in [0.25, 0.3) is 0 Å². The molecule has 4 nitrogen and oxygen atoms in total. The Hall–Kier alpha value is -1.62. The van der Waals surface area contributed by atoms with Crippen molar-refractivity contribution in [3.05, 3.63) is 23.7 Å². The lowest BCUT2D eigenvalue weighted by Gasteiger charge is -2.37. The minimum atomic E-state index is 0.277. The van der Waals surface area contributed by atoms with Crippen LogP contribution in [-0.2, 0) is 4.79 Å². The lowest BCUT2D eigenvalue weighted by atomic mass is 10.1. The predicted octanol–water partition coefficient (Wildman–Crippen LogP) is 3.14. The summed E-state index contributed by atoms with van der Waals surface area (Å²) in [6.45, 7) is 3.25. The second-order valence-corrected chi connectivity index (χ2v) is 7.29. The number of piperazine rings is 1. The molecular formula is C17H21N3OS. The van der Waals surface area contributed by atoms with Gasteiger partial charge in [0.15, 0.2) is 0 Å². The van der Waals surface area contributed by atoms with E-state index in [9.17, 15) is 4.79 Å². The summed E-state index contributed by atoms with van der Waals surface area (Å²) in [4.78, 5) is 21.2. The largest absolute Gasteiger partial charge is 0.359 e. The lowest BCUT2D eigenvalue weighted by molar-refractivity contribution is -0.131. The van der Waals surface area contributed by atoms with E-state index in [0.717, 1.165) is 36.8 Å². The molecule has 22 heavy (non-hydrogen) atoms. The Kier molecular flexibility index (Phi) is 3.74. The average Bonchev–Trinajstić information content (AvgIpc) is 3.19. The van der Waals surface area contributed by atoms with Gasteiger partial charge < -0.3 is 9.80 Å². The molecule has 0 atom stereocenters. The fourth-order valence-electron chi connectivity index (χ4n) is 3.72. The van der Waals surface area contributed by atoms with Gasteiger partial charge in [0.1, 0.15) is 0 Å². The number of hydrogen-bond acceptors (Lipinski definition) is 4. The molecule has 2 fully saturated rings. The Labute approximate surface area is 134 Å². The maximum Gasteiger partial charge on any atom is 0.242 e. The van der Waals surface area contributed by atoms with Crippen molar-refractivity contribution in [1.29, 1.82) is 0 Å². The summed E-state index contributed by atoms with van der Waals surface area (Å²) in [6, 6.07) is 4.08. The summed E-state index contributed by atoms with van der Waals surface area (Å²) in [7, 11) is 0. The van der Waals surface area contributed by atoms with Crippen LogP contribution in [-0.4, -0.2) is 42.0 Å². The van der Waals surface area contributed by atoms with Crippen LogP contribution >= 0.6 is 11.3 Å². The highest BCUT2D eigenvalue weighted by Gasteiger charge is 2.28. The molecule has 0 unspecified atom stereocenters. The molecule has 0 radical (unpaired) electrons. The fourth-order valence-corrected chi connectivity index (χ4v) is 4.61. The first-order valence-corrected chi connectivity index (χ1v) is 9.04. The van der Waals surface area contributed by atoms with E-state index in [1.807, 2.05) is 18.3 Å². The molecule has 2 aliphatic rings. The maximum atomic E-state index is 12.5. The third-order valence-electron chi connectivity index (χ3n) is 4.94. The molecule has 0 aromatic carbocycles. The molecule has 1 saturated heterocycles. The Morgan fingerprint density at radius 3 is 2.91 bits per heavy atom. The standard InChI is InChI=1S/C17H21N3OS/c21-16-12-19(8-9-20(16)11-13-3-1-2-4-13)15-5-7-18-14-6-10-22-17(14)15/h5-7,10,13H,1-4,8-9,11-12H2. The number of anilines is 1. The van der Waals surface area contributed by atoms with E-state index in [-0.39, 0.29) is 5.91 Å². The zero-order chi connectivity index (χ0) is 14.9. The molecule has 0 spiro atoms. The highest BCUT2D eigenvalue weighted by Crippen LogP contribution is 2.31. The van der Waals surface area contributed by atoms with E-state index in [1.54, 1.807) is 11.3 Å². The van der Waals surface area contributed by atoms with E-state index in [2.05, 4.69) is 20.2 Å². The minimum absolute atomic E-state index is 0.277. The highest BCUT2D eigenvalue weighted by atomic mass is 32.1. The number of nitrogens with zero attached hydrogens (tertiary/aromatic N) is 3. The molecule has 4 rings (SSSR count). The van der Waals surface area contributed by atoms with Crippen LogP contribution < -0.4 is 4.90 Å². The number of hydrogen-bond donors (Lipinski definition) is 0. The first-order chi connectivity index (χ1) is 10.8. The molecule has 116 valence electrons. The third-order valence-corrected chi connectivity index (χ3v) is 5.86. The monoisotopic (exact) mass is 315 g/mol. The van der Waals surface area contributed by atoms with Gasteiger partial charge in [-0.2, -0.15) is 0 Å². The van der Waals surface area contributed by atoms with E-state index < -0.39 is 0 Å². The first kappa shape index (κ1) is 14.0. The van der Waals surface area contributed by atoms with Gasteiger partial charge in [-0.1, -0.05) is 12.8 Å². The fraction of sp³-hybridized carbons (Fsp3) is 0.529. The molecule has 1 saturated carbocycles. The second-order valence-electron chi connectivity index (χ2n) is 6.38. The number of rotatable bonds is 3. The quantitative estimate of drug-likeness (QED) is 0.873. The molecule has 3 heterocycles. The molecule has 1 aliphatic carbocycles. The number of carbonyl (C=O) groups is 1. The van der Waals surface area contributed by atoms with Crippen LogP contribution in [0.4, 0.5) is 5.69 Å². The van der Waals surface area contributed by atoms with Crippen LogP contribution in [0.25, 0.3) is 10.2 Å². The summed E-state index contributed by atoms with van der Waals surface area (Å²) >= 11 is 1.71. The van der Waals surface area contributed by atoms with Crippen LogP contribution in [0, 0.1) is 5.92 Å². The van der Waals surface area contributed by atoms with Gasteiger partial charge in [0.2, 0.25) is 5.91 Å². The Balaban J connectivity index is 1.48. The van der Waals surface area contributed by atoms with Gasteiger partial charge in [-0.3, -0.25) is 9.78 Å². The third kappa shape index (κ3) is 2.58. The van der Waals surface area contributed by atoms with Crippen LogP contribution in [0.5, 0.6) is 0 Å². The van der Waals surface area contributed by atoms with Crippen LogP contribution in [0.3, 0.4) is 0 Å². The summed E-state index contributed by atoms with van der Waals surface area (Å²) in [5, 5.41) is 2.07. The van der Waals surface area contributed by atoms with E-state index >= 15 is 0 Å². The minimum Gasteiger partial charge on any atom is -0.359 e. The number of amides is 1. The first-order valence-electron chi connectivity index (χ1n) is 8.16. The number of fused-ring (bicyclic) bond motifs is 1. The van der Waals surface area contributed by atoms with E-state index in [4.69, 9.17) is 0 Å². The van der Waals surface area contributed by atoms with E-state index in [1.165, 1.54) is 30.4 Å². The number of pyridine rings is 1. The normalized spacial score (nSPS) is 20.3. The predicted molar refractivity (Wildman–Crippen MR) is 90.4 cm³/mol. The van der Waals surface area contributed by atoms with Gasteiger partial charge in [-0.25, -0.2) is 0 Å². The van der Waals surface area contributed by atoms with Gasteiger partial charge in [-0.05, 0) is 36.3 Å². The molecule has 2 aromatic heterocycles. The molecule has 2 aromatic rings. The van der Waals surface area contributed by atoms with Gasteiger partial charge in [0, 0.05) is 25.8 Å². The van der Waals surface area contributed by atoms with Crippen molar-refractivity contribution in [1.82, 2.24) is 9.88 Å². The molecule has 5 heteroatoms. The van der Waals surface area contributed by atoms with Crippen LogP contribution in [0.1, 0.15) is 25.7 Å². The second kappa shape index (κ2) is 5.88. The zero-order valence-electron chi connectivity index (χ0n) is 12.7. The van der Waals surface area contributed by atoms with Crippen LogP contribution in [0.2, 0.25) is 0 Å².